The van der Waals surface area contributed by atoms with Gasteiger partial charge in [-0.25, -0.2) is 0 Å². The second-order valence-electron chi connectivity index (χ2n) is 7.58. The largest absolute Gasteiger partial charge is 0.494 e. The zero-order valence-corrected chi connectivity index (χ0v) is 19.7. The predicted molar refractivity (Wildman–Crippen MR) is 136 cm³/mol. The zero-order valence-electron chi connectivity index (χ0n) is 18.9. The molecular weight excluding hydrogens is 434 g/mol. The fourth-order valence-corrected chi connectivity index (χ4v) is 3.29. The molecule has 3 rings (SSSR count). The van der Waals surface area contributed by atoms with E-state index in [-0.39, 0.29) is 16.9 Å². The molecule has 2 amide bonds. The molecule has 0 fully saturated rings. The van der Waals surface area contributed by atoms with Crippen LogP contribution in [0.15, 0.2) is 66.7 Å². The minimum atomic E-state index is -0.369. The van der Waals surface area contributed by atoms with Gasteiger partial charge in [-0.1, -0.05) is 31.2 Å². The van der Waals surface area contributed by atoms with E-state index < -0.39 is 0 Å². The third-order valence-electron chi connectivity index (χ3n) is 4.98. The van der Waals surface area contributed by atoms with E-state index in [9.17, 15) is 9.59 Å². The van der Waals surface area contributed by atoms with Crippen molar-refractivity contribution in [2.24, 2.45) is 0 Å². The standard InChI is InChI=1S/C26H27N3O3S/c1-4-14-32-21-9-7-8-19(16-21)24(30)29-26(33)28-23-11-6-5-10-22(23)25(31)27-20-13-12-17(2)18(3)15-20/h5-13,15-16H,4,14H2,1-3H3,(H,27,31)(H2,28,29,30,33). The van der Waals surface area contributed by atoms with Crippen LogP contribution in [-0.2, 0) is 0 Å². The van der Waals surface area contributed by atoms with E-state index in [1.54, 1.807) is 48.5 Å². The predicted octanol–water partition coefficient (Wildman–Crippen LogP) is 5.47. The normalized spacial score (nSPS) is 10.3. The number of nitrogens with one attached hydrogen (secondary N) is 3. The van der Waals surface area contributed by atoms with Crippen molar-refractivity contribution in [2.45, 2.75) is 27.2 Å². The number of hydrogen-bond acceptors (Lipinski definition) is 4. The molecule has 0 radical (unpaired) electrons. The van der Waals surface area contributed by atoms with Crippen molar-refractivity contribution in [3.63, 3.8) is 0 Å². The van der Waals surface area contributed by atoms with Crippen LogP contribution in [-0.4, -0.2) is 23.5 Å². The fourth-order valence-electron chi connectivity index (χ4n) is 3.08. The number of rotatable bonds is 7. The lowest BCUT2D eigenvalue weighted by atomic mass is 10.1. The first-order valence-electron chi connectivity index (χ1n) is 10.7. The summed E-state index contributed by atoms with van der Waals surface area (Å²) < 4.78 is 5.58. The molecule has 0 saturated carbocycles. The van der Waals surface area contributed by atoms with Gasteiger partial charge in [-0.3, -0.25) is 14.9 Å². The van der Waals surface area contributed by atoms with Gasteiger partial charge in [0.05, 0.1) is 17.9 Å². The Balaban J connectivity index is 1.67. The van der Waals surface area contributed by atoms with Gasteiger partial charge in [0, 0.05) is 11.3 Å². The topological polar surface area (TPSA) is 79.5 Å². The van der Waals surface area contributed by atoms with Gasteiger partial charge in [-0.2, -0.15) is 0 Å². The van der Waals surface area contributed by atoms with Crippen molar-refractivity contribution in [3.05, 3.63) is 89.0 Å². The second-order valence-corrected chi connectivity index (χ2v) is 7.99. The number of carbonyl (C=O) groups excluding carboxylic acids is 2. The number of ether oxygens (including phenoxy) is 1. The summed E-state index contributed by atoms with van der Waals surface area (Å²) >= 11 is 5.32. The van der Waals surface area contributed by atoms with Crippen LogP contribution in [0.1, 0.15) is 45.2 Å². The van der Waals surface area contributed by atoms with Crippen molar-refractivity contribution in [2.75, 3.05) is 17.2 Å². The molecule has 3 aromatic carbocycles. The molecule has 0 aliphatic rings. The molecule has 7 heteroatoms. The van der Waals surface area contributed by atoms with Crippen LogP contribution in [0.2, 0.25) is 0 Å². The third kappa shape index (κ3) is 6.63. The van der Waals surface area contributed by atoms with Gasteiger partial charge in [-0.15, -0.1) is 0 Å². The highest BCUT2D eigenvalue weighted by Crippen LogP contribution is 2.20. The number of aryl methyl sites for hydroxylation is 2. The van der Waals surface area contributed by atoms with E-state index in [2.05, 4.69) is 16.0 Å². The maximum atomic E-state index is 12.9. The van der Waals surface area contributed by atoms with Gasteiger partial charge in [-0.05, 0) is 86.1 Å². The molecule has 0 spiro atoms. The van der Waals surface area contributed by atoms with Crippen LogP contribution in [0.5, 0.6) is 5.75 Å². The maximum absolute atomic E-state index is 12.9. The maximum Gasteiger partial charge on any atom is 0.257 e. The van der Waals surface area contributed by atoms with Gasteiger partial charge < -0.3 is 15.4 Å². The van der Waals surface area contributed by atoms with Gasteiger partial charge in [0.15, 0.2) is 5.11 Å². The van der Waals surface area contributed by atoms with E-state index in [4.69, 9.17) is 17.0 Å². The highest BCUT2D eigenvalue weighted by atomic mass is 32.1. The first kappa shape index (κ1) is 23.9. The van der Waals surface area contributed by atoms with Crippen molar-refractivity contribution in [1.82, 2.24) is 5.32 Å². The van der Waals surface area contributed by atoms with Crippen LogP contribution < -0.4 is 20.7 Å². The summed E-state index contributed by atoms with van der Waals surface area (Å²) in [6.45, 7) is 6.60. The van der Waals surface area contributed by atoms with Crippen LogP contribution in [0.3, 0.4) is 0 Å². The smallest absolute Gasteiger partial charge is 0.257 e. The SMILES string of the molecule is CCCOc1cccc(C(=O)NC(=S)Nc2ccccc2C(=O)Nc2ccc(C)c(C)c2)c1. The van der Waals surface area contributed by atoms with Crippen LogP contribution in [0.25, 0.3) is 0 Å². The Bertz CT molecular complexity index is 1180. The van der Waals surface area contributed by atoms with Crippen LogP contribution >= 0.6 is 12.2 Å². The van der Waals surface area contributed by atoms with Crippen molar-refractivity contribution >= 4 is 40.5 Å². The zero-order chi connectivity index (χ0) is 23.8. The molecule has 0 saturated heterocycles. The second kappa shape index (κ2) is 11.2. The first-order valence-corrected chi connectivity index (χ1v) is 11.1. The molecule has 6 nitrogen and oxygen atoms in total. The van der Waals surface area contributed by atoms with Crippen molar-refractivity contribution in [3.8, 4) is 5.75 Å². The van der Waals surface area contributed by atoms with Crippen LogP contribution in [0.4, 0.5) is 11.4 Å². The van der Waals surface area contributed by atoms with Crippen molar-refractivity contribution < 1.29 is 14.3 Å². The number of anilines is 2. The molecule has 0 bridgehead atoms. The minimum absolute atomic E-state index is 0.0892. The number of benzene rings is 3. The van der Waals surface area contributed by atoms with Crippen LogP contribution in [0, 0.1) is 13.8 Å². The quantitative estimate of drug-likeness (QED) is 0.407. The molecule has 0 aliphatic carbocycles. The Morgan fingerprint density at radius 2 is 1.67 bits per heavy atom. The molecular formula is C26H27N3O3S. The van der Waals surface area contributed by atoms with E-state index in [0.29, 0.717) is 34.9 Å². The summed E-state index contributed by atoms with van der Waals surface area (Å²) in [6.07, 6.45) is 0.876. The molecule has 3 aromatic rings. The summed E-state index contributed by atoms with van der Waals surface area (Å²) in [5, 5.41) is 8.60. The molecule has 170 valence electrons. The Hall–Kier alpha value is -3.71. The molecule has 3 N–H and O–H groups in total. The number of hydrogen-bond donors (Lipinski definition) is 3. The summed E-state index contributed by atoms with van der Waals surface area (Å²) in [5.41, 5.74) is 4.27. The molecule has 33 heavy (non-hydrogen) atoms. The summed E-state index contributed by atoms with van der Waals surface area (Å²) in [5.74, 6) is -0.0282. The number of amides is 2. The Kier molecular flexibility index (Phi) is 8.16. The summed E-state index contributed by atoms with van der Waals surface area (Å²) in [7, 11) is 0. The van der Waals surface area contributed by atoms with Crippen molar-refractivity contribution in [1.29, 1.82) is 0 Å². The number of thiocarbonyl (C=S) groups is 1. The van der Waals surface area contributed by atoms with Gasteiger partial charge in [0.25, 0.3) is 11.8 Å². The van der Waals surface area contributed by atoms with E-state index in [1.807, 2.05) is 39.0 Å². The average molecular weight is 462 g/mol. The molecule has 0 aromatic heterocycles. The summed E-state index contributed by atoms with van der Waals surface area (Å²) in [4.78, 5) is 25.5. The Morgan fingerprint density at radius 3 is 2.42 bits per heavy atom. The van der Waals surface area contributed by atoms with Gasteiger partial charge in [0.2, 0.25) is 0 Å². The minimum Gasteiger partial charge on any atom is -0.494 e. The van der Waals surface area contributed by atoms with E-state index >= 15 is 0 Å². The molecule has 0 atom stereocenters. The highest BCUT2D eigenvalue weighted by Gasteiger charge is 2.14. The lowest BCUT2D eigenvalue weighted by Crippen LogP contribution is -2.34. The average Bonchev–Trinajstić information content (AvgIpc) is 2.80. The molecule has 0 aliphatic heterocycles. The summed E-state index contributed by atoms with van der Waals surface area (Å²) in [6, 6.07) is 19.6. The Morgan fingerprint density at radius 1 is 0.879 bits per heavy atom. The van der Waals surface area contributed by atoms with E-state index in [0.717, 1.165) is 17.5 Å². The first-order chi connectivity index (χ1) is 15.9. The fraction of sp³-hybridized carbons (Fsp3) is 0.192. The monoisotopic (exact) mass is 461 g/mol. The molecule has 0 unspecified atom stereocenters. The highest BCUT2D eigenvalue weighted by molar-refractivity contribution is 7.80. The Labute approximate surface area is 199 Å². The third-order valence-corrected chi connectivity index (χ3v) is 5.18. The lowest BCUT2D eigenvalue weighted by molar-refractivity contribution is 0.0976. The van der Waals surface area contributed by atoms with E-state index in [1.165, 1.54) is 0 Å². The lowest BCUT2D eigenvalue weighted by Gasteiger charge is -2.14. The van der Waals surface area contributed by atoms with Gasteiger partial charge in [0.1, 0.15) is 5.75 Å². The number of carbonyl (C=O) groups is 2. The molecule has 0 heterocycles. The van der Waals surface area contributed by atoms with Gasteiger partial charge >= 0.3 is 0 Å². The number of para-hydroxylation sites is 1.